The molecule has 2 amide bonds. The van der Waals surface area contributed by atoms with E-state index in [0.717, 1.165) is 0 Å². The fraction of sp³-hybridized carbons (Fsp3) is 0.385. The van der Waals surface area contributed by atoms with Crippen LogP contribution in [0.25, 0.3) is 0 Å². The first-order chi connectivity index (χ1) is 10.1. The average molecular weight is 312 g/mol. The Balaban J connectivity index is 0.000000497. The Labute approximate surface area is 125 Å². The standard InChI is InChI=1S/C12H12ClN3O2.CH2O2/c13-10-3-1-2-9(15-10)12(18)16-5-7-4-14-11(17)8(7)6-16;2-1-3/h1-3,7-8H,4-6H2,(H,14,17);1H,(H,2,3)/t7-,8+;/m1./s1. The second kappa shape index (κ2) is 6.53. The summed E-state index contributed by atoms with van der Waals surface area (Å²) in [6.45, 7) is 1.50. The van der Waals surface area contributed by atoms with Gasteiger partial charge in [0.05, 0.1) is 5.92 Å². The first kappa shape index (κ1) is 15.2. The molecule has 3 heterocycles. The number of halogens is 1. The first-order valence-electron chi connectivity index (χ1n) is 6.34. The van der Waals surface area contributed by atoms with Crippen LogP contribution in [0, 0.1) is 11.8 Å². The van der Waals surface area contributed by atoms with Gasteiger partial charge in [0, 0.05) is 25.6 Å². The molecule has 21 heavy (non-hydrogen) atoms. The van der Waals surface area contributed by atoms with Crippen molar-refractivity contribution in [2.45, 2.75) is 0 Å². The fourth-order valence-electron chi connectivity index (χ4n) is 2.59. The van der Waals surface area contributed by atoms with Crippen LogP contribution in [0.5, 0.6) is 0 Å². The lowest BCUT2D eigenvalue weighted by Gasteiger charge is -2.16. The van der Waals surface area contributed by atoms with Crippen LogP contribution in [-0.4, -0.2) is 52.9 Å². The van der Waals surface area contributed by atoms with E-state index in [2.05, 4.69) is 10.3 Å². The lowest BCUT2D eigenvalue weighted by atomic mass is 10.0. The van der Waals surface area contributed by atoms with E-state index in [-0.39, 0.29) is 30.1 Å². The van der Waals surface area contributed by atoms with Crippen molar-refractivity contribution in [1.82, 2.24) is 15.2 Å². The molecule has 112 valence electrons. The molecule has 2 atom stereocenters. The van der Waals surface area contributed by atoms with Gasteiger partial charge in [-0.05, 0) is 12.1 Å². The molecule has 0 unspecified atom stereocenters. The first-order valence-corrected chi connectivity index (χ1v) is 6.72. The van der Waals surface area contributed by atoms with Gasteiger partial charge >= 0.3 is 0 Å². The van der Waals surface area contributed by atoms with Gasteiger partial charge in [-0.1, -0.05) is 17.7 Å². The second-order valence-electron chi connectivity index (χ2n) is 4.77. The molecule has 2 aliphatic rings. The molecule has 2 N–H and O–H groups in total. The van der Waals surface area contributed by atoms with Crippen molar-refractivity contribution in [3.05, 3.63) is 29.0 Å². The number of carbonyl (C=O) groups excluding carboxylic acids is 2. The summed E-state index contributed by atoms with van der Waals surface area (Å²) >= 11 is 5.77. The Hall–Kier alpha value is -2.15. The summed E-state index contributed by atoms with van der Waals surface area (Å²) in [6, 6.07) is 4.97. The van der Waals surface area contributed by atoms with Gasteiger partial charge < -0.3 is 15.3 Å². The summed E-state index contributed by atoms with van der Waals surface area (Å²) in [6.07, 6.45) is 0. The highest BCUT2D eigenvalue weighted by atomic mass is 35.5. The van der Waals surface area contributed by atoms with E-state index in [1.807, 2.05) is 0 Å². The molecule has 0 radical (unpaired) electrons. The van der Waals surface area contributed by atoms with Crippen molar-refractivity contribution in [1.29, 1.82) is 0 Å². The normalized spacial score (nSPS) is 22.9. The summed E-state index contributed by atoms with van der Waals surface area (Å²) in [5.41, 5.74) is 0.336. The van der Waals surface area contributed by atoms with Crippen molar-refractivity contribution in [2.24, 2.45) is 11.8 Å². The predicted molar refractivity (Wildman–Crippen MR) is 73.8 cm³/mol. The minimum atomic E-state index is -0.250. The Morgan fingerprint density at radius 2 is 2.19 bits per heavy atom. The monoisotopic (exact) mass is 311 g/mol. The van der Waals surface area contributed by atoms with Crippen LogP contribution in [-0.2, 0) is 9.59 Å². The molecule has 2 saturated heterocycles. The van der Waals surface area contributed by atoms with Crippen molar-refractivity contribution >= 4 is 29.9 Å². The molecular weight excluding hydrogens is 298 g/mol. The van der Waals surface area contributed by atoms with Crippen LogP contribution < -0.4 is 5.32 Å². The molecule has 1 aromatic rings. The number of pyridine rings is 1. The maximum atomic E-state index is 12.2. The lowest BCUT2D eigenvalue weighted by Crippen LogP contribution is -2.33. The SMILES string of the molecule is O=C1NC[C@@H]2CN(C(=O)c3cccc(Cl)n3)C[C@H]12.O=CO. The van der Waals surface area contributed by atoms with Crippen LogP contribution in [0.2, 0.25) is 5.15 Å². The van der Waals surface area contributed by atoms with Gasteiger partial charge in [0.2, 0.25) is 5.91 Å². The summed E-state index contributed by atoms with van der Waals surface area (Å²) in [5.74, 6) is 0.0721. The highest BCUT2D eigenvalue weighted by molar-refractivity contribution is 6.29. The Morgan fingerprint density at radius 1 is 1.48 bits per heavy atom. The molecule has 0 bridgehead atoms. The second-order valence-corrected chi connectivity index (χ2v) is 5.16. The molecule has 3 rings (SSSR count). The number of carboxylic acid groups (broad SMARTS) is 1. The molecule has 0 aliphatic carbocycles. The number of fused-ring (bicyclic) bond motifs is 1. The van der Waals surface area contributed by atoms with Crippen molar-refractivity contribution < 1.29 is 19.5 Å². The third kappa shape index (κ3) is 3.30. The van der Waals surface area contributed by atoms with Gasteiger partial charge in [-0.2, -0.15) is 0 Å². The molecular formula is C13H14ClN3O4. The number of carbonyl (C=O) groups is 3. The summed E-state index contributed by atoms with van der Waals surface area (Å²) < 4.78 is 0. The number of nitrogens with one attached hydrogen (secondary N) is 1. The quantitative estimate of drug-likeness (QED) is 0.572. The van der Waals surface area contributed by atoms with Gasteiger partial charge in [-0.15, -0.1) is 0 Å². The van der Waals surface area contributed by atoms with Crippen molar-refractivity contribution in [3.63, 3.8) is 0 Å². The number of likely N-dealkylation sites (tertiary alicyclic amines) is 1. The molecule has 7 nitrogen and oxygen atoms in total. The summed E-state index contributed by atoms with van der Waals surface area (Å²) in [7, 11) is 0. The minimum absolute atomic E-state index is 0.0503. The van der Waals surface area contributed by atoms with Gasteiger partial charge in [0.1, 0.15) is 10.8 Å². The van der Waals surface area contributed by atoms with Crippen molar-refractivity contribution in [2.75, 3.05) is 19.6 Å². The Bertz CT molecular complexity index is 566. The lowest BCUT2D eigenvalue weighted by molar-refractivity contribution is -0.123. The maximum absolute atomic E-state index is 12.2. The van der Waals surface area contributed by atoms with Crippen LogP contribution in [0.15, 0.2) is 18.2 Å². The van der Waals surface area contributed by atoms with Crippen LogP contribution in [0.1, 0.15) is 10.5 Å². The van der Waals surface area contributed by atoms with E-state index in [1.54, 1.807) is 23.1 Å². The van der Waals surface area contributed by atoms with Gasteiger partial charge in [-0.25, -0.2) is 4.98 Å². The van der Waals surface area contributed by atoms with E-state index in [9.17, 15) is 9.59 Å². The zero-order valence-electron chi connectivity index (χ0n) is 11.0. The third-order valence-corrected chi connectivity index (χ3v) is 3.75. The zero-order valence-corrected chi connectivity index (χ0v) is 11.8. The molecule has 2 aliphatic heterocycles. The number of hydrogen-bond acceptors (Lipinski definition) is 4. The number of amides is 2. The fourth-order valence-corrected chi connectivity index (χ4v) is 2.76. The number of rotatable bonds is 1. The van der Waals surface area contributed by atoms with Crippen LogP contribution >= 0.6 is 11.6 Å². The molecule has 0 aromatic carbocycles. The maximum Gasteiger partial charge on any atom is 0.290 e. The molecule has 8 heteroatoms. The van der Waals surface area contributed by atoms with E-state index in [0.29, 0.717) is 30.5 Å². The predicted octanol–water partition coefficient (Wildman–Crippen LogP) is 0.254. The minimum Gasteiger partial charge on any atom is -0.483 e. The molecule has 0 spiro atoms. The summed E-state index contributed by atoms with van der Waals surface area (Å²) in [4.78, 5) is 37.8. The number of hydrogen-bond donors (Lipinski definition) is 2. The van der Waals surface area contributed by atoms with Crippen LogP contribution in [0.4, 0.5) is 0 Å². The number of nitrogens with zero attached hydrogens (tertiary/aromatic N) is 2. The Kier molecular flexibility index (Phi) is 4.74. The third-order valence-electron chi connectivity index (χ3n) is 3.54. The van der Waals surface area contributed by atoms with E-state index < -0.39 is 0 Å². The molecule has 1 aromatic heterocycles. The smallest absolute Gasteiger partial charge is 0.290 e. The van der Waals surface area contributed by atoms with E-state index in [1.165, 1.54) is 0 Å². The van der Waals surface area contributed by atoms with E-state index >= 15 is 0 Å². The zero-order chi connectivity index (χ0) is 15.4. The highest BCUT2D eigenvalue weighted by Gasteiger charge is 2.43. The summed E-state index contributed by atoms with van der Waals surface area (Å²) in [5, 5.41) is 10.0. The largest absolute Gasteiger partial charge is 0.483 e. The van der Waals surface area contributed by atoms with Gasteiger partial charge in [0.15, 0.2) is 0 Å². The van der Waals surface area contributed by atoms with Gasteiger partial charge in [0.25, 0.3) is 12.4 Å². The highest BCUT2D eigenvalue weighted by Crippen LogP contribution is 2.28. The molecule has 0 saturated carbocycles. The Morgan fingerprint density at radius 3 is 2.81 bits per heavy atom. The van der Waals surface area contributed by atoms with Gasteiger partial charge in [-0.3, -0.25) is 14.4 Å². The van der Waals surface area contributed by atoms with Crippen molar-refractivity contribution in [3.8, 4) is 0 Å². The average Bonchev–Trinajstić information content (AvgIpc) is 3.02. The van der Waals surface area contributed by atoms with Crippen LogP contribution in [0.3, 0.4) is 0 Å². The van der Waals surface area contributed by atoms with E-state index in [4.69, 9.17) is 21.5 Å². The topological polar surface area (TPSA) is 99.6 Å². The molecule has 2 fully saturated rings. The number of aromatic nitrogens is 1.